The second-order valence-corrected chi connectivity index (χ2v) is 14.3. The minimum atomic E-state index is -0.228. The van der Waals surface area contributed by atoms with Crippen LogP contribution in [0.25, 0.3) is 66.3 Å². The van der Waals surface area contributed by atoms with Crippen molar-refractivity contribution in [1.29, 1.82) is 0 Å². The summed E-state index contributed by atoms with van der Waals surface area (Å²) in [5.41, 5.74) is 13.5. The molecular formula is C52H38N4. The van der Waals surface area contributed by atoms with Crippen molar-refractivity contribution in [2.45, 2.75) is 12.3 Å². The van der Waals surface area contributed by atoms with Crippen molar-refractivity contribution in [3.63, 3.8) is 0 Å². The number of amidine groups is 1. The van der Waals surface area contributed by atoms with Gasteiger partial charge in [-0.25, -0.2) is 9.98 Å². The van der Waals surface area contributed by atoms with Gasteiger partial charge in [0.1, 0.15) is 18.2 Å². The minimum absolute atomic E-state index is 0.144. The first-order chi connectivity index (χ1) is 27.7. The highest BCUT2D eigenvalue weighted by atomic mass is 15.3. The van der Waals surface area contributed by atoms with E-state index in [1.165, 1.54) is 44.0 Å². The quantitative estimate of drug-likeness (QED) is 0.161. The molecule has 0 saturated heterocycles. The van der Waals surface area contributed by atoms with Crippen LogP contribution in [-0.2, 0) is 0 Å². The van der Waals surface area contributed by atoms with Gasteiger partial charge in [0.2, 0.25) is 0 Å². The third-order valence-corrected chi connectivity index (χ3v) is 10.7. The molecule has 8 aromatic carbocycles. The van der Waals surface area contributed by atoms with E-state index in [0.29, 0.717) is 0 Å². The van der Waals surface area contributed by atoms with Crippen LogP contribution in [-0.4, -0.2) is 10.8 Å². The molecule has 0 bridgehead atoms. The van der Waals surface area contributed by atoms with Crippen LogP contribution in [0, 0.1) is 0 Å². The predicted octanol–water partition coefficient (Wildman–Crippen LogP) is 12.4. The highest BCUT2D eigenvalue weighted by Gasteiger charge is 2.26. The van der Waals surface area contributed by atoms with E-state index < -0.39 is 0 Å². The Morgan fingerprint density at radius 2 is 1.00 bits per heavy atom. The van der Waals surface area contributed by atoms with Crippen molar-refractivity contribution < 1.29 is 0 Å². The summed E-state index contributed by atoms with van der Waals surface area (Å²) in [5, 5.41) is 11.0. The Hall–Kier alpha value is -7.14. The standard InChI is InChI=1S/C52H38N4/c1-5-14-35(15-6-1)41-22-13-23-44(33-41)52-55-50(39-20-11-4-12-21-39)54-51(56-52)40-26-24-36(25-27-40)42-28-30-45-43(32-42)29-31-47-49(45)46(37-16-7-2-8-17-37)34-48(53-47)38-18-9-3-10-19-38/h1-34,51-52,56H,(H,54,55). The van der Waals surface area contributed by atoms with E-state index in [1.54, 1.807) is 0 Å². The molecule has 1 aliphatic rings. The molecule has 1 aromatic heterocycles. The van der Waals surface area contributed by atoms with Crippen LogP contribution in [0.3, 0.4) is 0 Å². The summed E-state index contributed by atoms with van der Waals surface area (Å²) < 4.78 is 0. The number of nitrogens with one attached hydrogen (secondary N) is 2. The Balaban J connectivity index is 0.985. The lowest BCUT2D eigenvalue weighted by molar-refractivity contribution is 0.409. The molecule has 2 N–H and O–H groups in total. The minimum Gasteiger partial charge on any atom is -0.350 e. The molecule has 2 atom stereocenters. The molecule has 10 rings (SSSR count). The van der Waals surface area contributed by atoms with E-state index in [4.69, 9.17) is 9.98 Å². The number of rotatable bonds is 7. The van der Waals surface area contributed by atoms with Crippen molar-refractivity contribution in [3.8, 4) is 44.6 Å². The second-order valence-electron chi connectivity index (χ2n) is 14.3. The van der Waals surface area contributed by atoms with Crippen molar-refractivity contribution in [3.05, 3.63) is 223 Å². The van der Waals surface area contributed by atoms with Crippen LogP contribution < -0.4 is 10.6 Å². The van der Waals surface area contributed by atoms with Gasteiger partial charge in [0.15, 0.2) is 0 Å². The molecule has 4 nitrogen and oxygen atoms in total. The van der Waals surface area contributed by atoms with E-state index >= 15 is 0 Å². The first-order valence-corrected chi connectivity index (χ1v) is 19.1. The molecule has 9 aromatic rings. The van der Waals surface area contributed by atoms with Gasteiger partial charge in [-0.2, -0.15) is 0 Å². The number of pyridine rings is 1. The summed E-state index contributed by atoms with van der Waals surface area (Å²) in [6, 6.07) is 73.0. The lowest BCUT2D eigenvalue weighted by Crippen LogP contribution is -2.44. The Kier molecular flexibility index (Phi) is 8.71. The second kappa shape index (κ2) is 14.6. The van der Waals surface area contributed by atoms with Gasteiger partial charge in [-0.15, -0.1) is 0 Å². The number of benzene rings is 8. The fourth-order valence-electron chi connectivity index (χ4n) is 7.88. The van der Waals surface area contributed by atoms with Crippen molar-refractivity contribution in [1.82, 2.24) is 15.6 Å². The van der Waals surface area contributed by atoms with Gasteiger partial charge in [-0.3, -0.25) is 5.32 Å². The first kappa shape index (κ1) is 33.4. The third-order valence-electron chi connectivity index (χ3n) is 10.7. The van der Waals surface area contributed by atoms with Crippen molar-refractivity contribution in [2.75, 3.05) is 0 Å². The zero-order valence-corrected chi connectivity index (χ0v) is 30.7. The summed E-state index contributed by atoms with van der Waals surface area (Å²) in [7, 11) is 0. The Bertz CT molecular complexity index is 2840. The van der Waals surface area contributed by atoms with E-state index in [9.17, 15) is 0 Å². The number of nitrogens with zero attached hydrogens (tertiary/aromatic N) is 2. The van der Waals surface area contributed by atoms with E-state index in [-0.39, 0.29) is 12.3 Å². The largest absolute Gasteiger partial charge is 0.350 e. The number of aromatic nitrogens is 1. The Labute approximate surface area is 326 Å². The molecule has 0 spiro atoms. The predicted molar refractivity (Wildman–Crippen MR) is 232 cm³/mol. The molecule has 0 fully saturated rings. The maximum Gasteiger partial charge on any atom is 0.131 e. The number of fused-ring (bicyclic) bond motifs is 3. The van der Waals surface area contributed by atoms with Gasteiger partial charge in [-0.05, 0) is 79.5 Å². The van der Waals surface area contributed by atoms with Gasteiger partial charge in [-0.1, -0.05) is 182 Å². The highest BCUT2D eigenvalue weighted by molar-refractivity contribution is 6.14. The zero-order chi connectivity index (χ0) is 37.3. The molecule has 266 valence electrons. The van der Waals surface area contributed by atoms with Crippen LogP contribution in [0.1, 0.15) is 29.0 Å². The van der Waals surface area contributed by atoms with Gasteiger partial charge in [0.05, 0.1) is 11.2 Å². The van der Waals surface area contributed by atoms with Crippen LogP contribution >= 0.6 is 0 Å². The topological polar surface area (TPSA) is 49.3 Å². The molecular weight excluding hydrogens is 681 g/mol. The number of hydrogen-bond acceptors (Lipinski definition) is 4. The van der Waals surface area contributed by atoms with Crippen LogP contribution in [0.4, 0.5) is 0 Å². The molecule has 2 unspecified atom stereocenters. The first-order valence-electron chi connectivity index (χ1n) is 19.1. The summed E-state index contributed by atoms with van der Waals surface area (Å²) in [6.07, 6.45) is -0.371. The molecule has 1 aliphatic heterocycles. The van der Waals surface area contributed by atoms with Crippen LogP contribution in [0.5, 0.6) is 0 Å². The monoisotopic (exact) mass is 718 g/mol. The van der Waals surface area contributed by atoms with Gasteiger partial charge in [0, 0.05) is 16.5 Å². The molecule has 2 heterocycles. The fourth-order valence-corrected chi connectivity index (χ4v) is 7.88. The molecule has 0 radical (unpaired) electrons. The maximum atomic E-state index is 5.18. The SMILES string of the molecule is c1ccc(C2=NC(c3cccc(-c4ccccc4)c3)NC(c3ccc(-c4ccc5c(ccc6nc(-c7ccccc7)cc(-c7ccccc7)c65)c4)cc3)N2)cc1. The average Bonchev–Trinajstić information content (AvgIpc) is 3.29. The molecule has 0 aliphatic carbocycles. The average molecular weight is 719 g/mol. The lowest BCUT2D eigenvalue weighted by Gasteiger charge is -2.32. The fraction of sp³-hybridized carbons (Fsp3) is 0.0385. The van der Waals surface area contributed by atoms with Crippen molar-refractivity contribution in [2.24, 2.45) is 4.99 Å². The lowest BCUT2D eigenvalue weighted by atomic mass is 9.93. The normalized spacial score (nSPS) is 15.3. The van der Waals surface area contributed by atoms with Gasteiger partial charge >= 0.3 is 0 Å². The van der Waals surface area contributed by atoms with Crippen LogP contribution in [0.15, 0.2) is 211 Å². The summed E-state index contributed by atoms with van der Waals surface area (Å²) in [6.45, 7) is 0. The van der Waals surface area contributed by atoms with Crippen LogP contribution in [0.2, 0.25) is 0 Å². The van der Waals surface area contributed by atoms with Gasteiger partial charge in [0.25, 0.3) is 0 Å². The summed E-state index contributed by atoms with van der Waals surface area (Å²) in [5.74, 6) is 0.871. The molecule has 0 saturated carbocycles. The zero-order valence-electron chi connectivity index (χ0n) is 30.7. The molecule has 56 heavy (non-hydrogen) atoms. The Morgan fingerprint density at radius 1 is 0.411 bits per heavy atom. The number of hydrogen-bond donors (Lipinski definition) is 2. The highest BCUT2D eigenvalue weighted by Crippen LogP contribution is 2.38. The van der Waals surface area contributed by atoms with Gasteiger partial charge < -0.3 is 5.32 Å². The number of aliphatic imine (C=N–C) groups is 1. The third kappa shape index (κ3) is 6.53. The van der Waals surface area contributed by atoms with E-state index in [2.05, 4.69) is 205 Å². The van der Waals surface area contributed by atoms with E-state index in [1.807, 2.05) is 12.1 Å². The molecule has 4 heteroatoms. The molecule has 0 amide bonds. The maximum absolute atomic E-state index is 5.18. The smallest absolute Gasteiger partial charge is 0.131 e. The van der Waals surface area contributed by atoms with E-state index in [0.717, 1.165) is 44.9 Å². The Morgan fingerprint density at radius 3 is 1.71 bits per heavy atom. The van der Waals surface area contributed by atoms with Crippen molar-refractivity contribution >= 4 is 27.5 Å². The summed E-state index contributed by atoms with van der Waals surface area (Å²) in [4.78, 5) is 10.3. The summed E-state index contributed by atoms with van der Waals surface area (Å²) >= 11 is 0.